The summed E-state index contributed by atoms with van der Waals surface area (Å²) in [7, 11) is 3.97. The Morgan fingerprint density at radius 1 is 0.838 bits per heavy atom. The Bertz CT molecular complexity index is 1600. The predicted octanol–water partition coefficient (Wildman–Crippen LogP) is 5.60. The molecule has 0 atom stereocenters. The van der Waals surface area contributed by atoms with Crippen LogP contribution in [0.4, 0.5) is 11.6 Å². The van der Waals surface area contributed by atoms with Crippen molar-refractivity contribution in [2.75, 3.05) is 37.0 Å². The highest BCUT2D eigenvalue weighted by atomic mass is 16.5. The molecule has 8 heteroatoms. The van der Waals surface area contributed by atoms with E-state index in [9.17, 15) is 0 Å². The lowest BCUT2D eigenvalue weighted by atomic mass is 10.2. The van der Waals surface area contributed by atoms with Crippen molar-refractivity contribution < 1.29 is 4.74 Å². The van der Waals surface area contributed by atoms with Crippen LogP contribution in [0.25, 0.3) is 34.0 Å². The Balaban J connectivity index is 1.38. The van der Waals surface area contributed by atoms with Gasteiger partial charge in [-0.15, -0.1) is 0 Å². The summed E-state index contributed by atoms with van der Waals surface area (Å²) in [4.78, 5) is 27.8. The minimum atomic E-state index is 0.475. The van der Waals surface area contributed by atoms with Crippen molar-refractivity contribution in [2.45, 2.75) is 12.8 Å². The molecule has 6 rings (SSSR count). The van der Waals surface area contributed by atoms with Crippen LogP contribution in [0.2, 0.25) is 0 Å². The van der Waals surface area contributed by atoms with Crippen molar-refractivity contribution in [3.05, 3.63) is 78.5 Å². The normalized spacial score (nSPS) is 13.6. The number of fused-ring (bicyclic) bond motifs is 2. The first-order valence-electron chi connectivity index (χ1n) is 12.4. The molecule has 8 nitrogen and oxygen atoms in total. The third-order valence-corrected chi connectivity index (χ3v) is 6.35. The van der Waals surface area contributed by atoms with E-state index in [2.05, 4.69) is 9.88 Å². The zero-order chi connectivity index (χ0) is 25.2. The molecular weight excluding hydrogens is 462 g/mol. The van der Waals surface area contributed by atoms with Gasteiger partial charge in [-0.1, -0.05) is 30.3 Å². The molecule has 37 heavy (non-hydrogen) atoms. The summed E-state index contributed by atoms with van der Waals surface area (Å²) in [6, 6.07) is 19.7. The molecule has 3 aromatic heterocycles. The maximum Gasteiger partial charge on any atom is 0.225 e. The Kier molecular flexibility index (Phi) is 6.06. The van der Waals surface area contributed by atoms with Gasteiger partial charge in [0.15, 0.2) is 17.4 Å². The third kappa shape index (κ3) is 4.78. The molecule has 184 valence electrons. The quantitative estimate of drug-likeness (QED) is 0.305. The number of pyridine rings is 1. The first-order valence-corrected chi connectivity index (χ1v) is 12.4. The Hall–Kier alpha value is -4.59. The van der Waals surface area contributed by atoms with Gasteiger partial charge >= 0.3 is 0 Å². The second-order valence-electron chi connectivity index (χ2n) is 9.20. The summed E-state index contributed by atoms with van der Waals surface area (Å²) in [6.07, 6.45) is 7.77. The molecule has 1 fully saturated rings. The maximum absolute atomic E-state index is 6.28. The highest BCUT2D eigenvalue weighted by Gasteiger charge is 2.17. The van der Waals surface area contributed by atoms with E-state index >= 15 is 0 Å². The maximum atomic E-state index is 6.28. The number of benzene rings is 2. The van der Waals surface area contributed by atoms with Crippen molar-refractivity contribution >= 4 is 45.6 Å². The van der Waals surface area contributed by atoms with E-state index in [-0.39, 0.29) is 0 Å². The highest BCUT2D eigenvalue weighted by molar-refractivity contribution is 5.90. The molecule has 0 bridgehead atoms. The van der Waals surface area contributed by atoms with E-state index < -0.39 is 0 Å². The molecule has 0 aliphatic carbocycles. The van der Waals surface area contributed by atoms with Crippen LogP contribution >= 0.6 is 0 Å². The molecule has 0 N–H and O–H groups in total. The highest BCUT2D eigenvalue weighted by Crippen LogP contribution is 2.30. The number of nitrogens with zero attached hydrogens (tertiary/aromatic N) is 7. The van der Waals surface area contributed by atoms with Crippen molar-refractivity contribution in [1.29, 1.82) is 0 Å². The van der Waals surface area contributed by atoms with Gasteiger partial charge < -0.3 is 14.5 Å². The van der Waals surface area contributed by atoms with E-state index in [0.717, 1.165) is 59.4 Å². The molecule has 0 radical (unpaired) electrons. The van der Waals surface area contributed by atoms with Gasteiger partial charge in [0.1, 0.15) is 17.2 Å². The standard InChI is InChI=1S/C29H27N7O/c1-35(2)29-21-11-3-4-12-22(21)31-24(34-29)14-15-25-32-26(36-17-5-6-18-36)19-27(33-25)37-23-13-7-9-20-10-8-16-30-28(20)23/h3-4,7-16,19H,5-6,17-18H2,1-2H3. The zero-order valence-corrected chi connectivity index (χ0v) is 20.9. The molecule has 2 aromatic carbocycles. The Labute approximate surface area is 215 Å². The fraction of sp³-hybridized carbons (Fsp3) is 0.207. The lowest BCUT2D eigenvalue weighted by Crippen LogP contribution is -2.19. The van der Waals surface area contributed by atoms with Crippen molar-refractivity contribution in [1.82, 2.24) is 24.9 Å². The van der Waals surface area contributed by atoms with E-state index in [1.165, 1.54) is 0 Å². The van der Waals surface area contributed by atoms with Crippen LogP contribution in [0, 0.1) is 0 Å². The summed E-state index contributed by atoms with van der Waals surface area (Å²) in [5.74, 6) is 3.98. The van der Waals surface area contributed by atoms with E-state index in [1.807, 2.05) is 91.8 Å². The fourth-order valence-electron chi connectivity index (χ4n) is 4.58. The Morgan fingerprint density at radius 2 is 1.62 bits per heavy atom. The summed E-state index contributed by atoms with van der Waals surface area (Å²) in [6.45, 7) is 1.94. The number of anilines is 2. The second-order valence-corrected chi connectivity index (χ2v) is 9.20. The molecule has 5 aromatic rings. The number of ether oxygens (including phenoxy) is 1. The van der Waals surface area contributed by atoms with Crippen molar-refractivity contribution in [2.24, 2.45) is 0 Å². The smallest absolute Gasteiger partial charge is 0.225 e. The molecule has 1 aliphatic rings. The van der Waals surface area contributed by atoms with Gasteiger partial charge in [0.25, 0.3) is 0 Å². The lowest BCUT2D eigenvalue weighted by Gasteiger charge is -2.17. The van der Waals surface area contributed by atoms with E-state index in [4.69, 9.17) is 24.7 Å². The number of aromatic nitrogens is 5. The van der Waals surface area contributed by atoms with Crippen molar-refractivity contribution in [3.8, 4) is 11.6 Å². The number of rotatable bonds is 6. The van der Waals surface area contributed by atoms with Gasteiger partial charge in [-0.05, 0) is 49.3 Å². The summed E-state index contributed by atoms with van der Waals surface area (Å²) in [5.41, 5.74) is 1.68. The minimum absolute atomic E-state index is 0.475. The number of para-hydroxylation sites is 2. The monoisotopic (exact) mass is 489 g/mol. The Morgan fingerprint density at radius 3 is 2.46 bits per heavy atom. The second kappa shape index (κ2) is 9.81. The number of hydrogen-bond acceptors (Lipinski definition) is 8. The van der Waals surface area contributed by atoms with Gasteiger partial charge in [-0.25, -0.2) is 15.0 Å². The number of hydrogen-bond donors (Lipinski definition) is 0. The van der Waals surface area contributed by atoms with Gasteiger partial charge in [0.05, 0.1) is 5.52 Å². The molecule has 4 heterocycles. The topological polar surface area (TPSA) is 80.2 Å². The van der Waals surface area contributed by atoms with Crippen LogP contribution < -0.4 is 14.5 Å². The molecule has 0 spiro atoms. The average Bonchev–Trinajstić information content (AvgIpc) is 3.47. The van der Waals surface area contributed by atoms with Gasteiger partial charge in [0.2, 0.25) is 5.88 Å². The SMILES string of the molecule is CN(C)c1nc(C=Cc2nc(Oc3cccc4cccnc34)cc(N3CCCC3)n2)nc2ccccc12. The summed E-state index contributed by atoms with van der Waals surface area (Å²) < 4.78 is 6.28. The van der Waals surface area contributed by atoms with Gasteiger partial charge in [0, 0.05) is 50.2 Å². The molecule has 1 saturated heterocycles. The largest absolute Gasteiger partial charge is 0.437 e. The van der Waals surface area contributed by atoms with Gasteiger partial charge in [-0.2, -0.15) is 4.98 Å². The van der Waals surface area contributed by atoms with Crippen LogP contribution in [0.1, 0.15) is 24.5 Å². The van der Waals surface area contributed by atoms with Crippen LogP contribution in [-0.2, 0) is 0 Å². The van der Waals surface area contributed by atoms with Crippen molar-refractivity contribution in [3.63, 3.8) is 0 Å². The van der Waals surface area contributed by atoms with Crippen LogP contribution in [0.15, 0.2) is 66.9 Å². The molecule has 0 amide bonds. The molecule has 0 unspecified atom stereocenters. The first kappa shape index (κ1) is 22.8. The molecule has 0 saturated carbocycles. The summed E-state index contributed by atoms with van der Waals surface area (Å²) in [5, 5.41) is 2.02. The fourth-order valence-corrected chi connectivity index (χ4v) is 4.58. The first-order chi connectivity index (χ1) is 18.1. The van der Waals surface area contributed by atoms with E-state index in [0.29, 0.717) is 23.3 Å². The lowest BCUT2D eigenvalue weighted by molar-refractivity contribution is 0.465. The van der Waals surface area contributed by atoms with Crippen LogP contribution in [0.3, 0.4) is 0 Å². The zero-order valence-electron chi connectivity index (χ0n) is 20.9. The van der Waals surface area contributed by atoms with E-state index in [1.54, 1.807) is 6.20 Å². The minimum Gasteiger partial charge on any atom is -0.437 e. The van der Waals surface area contributed by atoms with Crippen LogP contribution in [-0.4, -0.2) is 52.1 Å². The summed E-state index contributed by atoms with van der Waals surface area (Å²) >= 11 is 0. The van der Waals surface area contributed by atoms with Gasteiger partial charge in [-0.3, -0.25) is 4.98 Å². The molecular formula is C29H27N7O. The third-order valence-electron chi connectivity index (χ3n) is 6.35. The average molecular weight is 490 g/mol. The molecule has 1 aliphatic heterocycles. The predicted molar refractivity (Wildman–Crippen MR) is 148 cm³/mol. The van der Waals surface area contributed by atoms with Crippen LogP contribution in [0.5, 0.6) is 11.6 Å².